The van der Waals surface area contributed by atoms with E-state index < -0.39 is 10.0 Å². The van der Waals surface area contributed by atoms with E-state index in [-0.39, 0.29) is 37.1 Å². The Bertz CT molecular complexity index is 1280. The maximum atomic E-state index is 13.1. The first-order chi connectivity index (χ1) is 17.3. The van der Waals surface area contributed by atoms with Gasteiger partial charge in [0.1, 0.15) is 5.52 Å². The van der Waals surface area contributed by atoms with E-state index in [0.717, 1.165) is 15.3 Å². The normalized spacial score (nSPS) is 14.7. The first kappa shape index (κ1) is 26.8. The average Bonchev–Trinajstić information content (AvgIpc) is 3.34. The molecule has 0 saturated carbocycles. The van der Waals surface area contributed by atoms with Gasteiger partial charge in [0.25, 0.3) is 5.91 Å². The highest BCUT2D eigenvalue weighted by molar-refractivity contribution is 7.89. The third kappa shape index (κ3) is 5.82. The minimum atomic E-state index is -3.74. The molecular formula is C24H29ClN4O5S2. The Morgan fingerprint density at radius 3 is 2.25 bits per heavy atom. The fraction of sp³-hybridized carbons (Fsp3) is 0.417. The minimum Gasteiger partial charge on any atom is -0.383 e. The van der Waals surface area contributed by atoms with Crippen molar-refractivity contribution in [1.29, 1.82) is 0 Å². The van der Waals surface area contributed by atoms with Crippen LogP contribution in [-0.4, -0.2) is 95.2 Å². The molecule has 1 amide bonds. The van der Waals surface area contributed by atoms with Crippen molar-refractivity contribution < 1.29 is 22.7 Å². The number of amides is 1. The van der Waals surface area contributed by atoms with Crippen LogP contribution in [0.25, 0.3) is 10.2 Å². The molecule has 1 aromatic heterocycles. The highest BCUT2D eigenvalue weighted by atomic mass is 35.5. The predicted octanol–water partition coefficient (Wildman–Crippen LogP) is 3.20. The number of para-hydroxylation sites is 1. The van der Waals surface area contributed by atoms with Crippen LogP contribution in [0.1, 0.15) is 10.4 Å². The number of ether oxygens (including phenoxy) is 2. The molecule has 12 heteroatoms. The van der Waals surface area contributed by atoms with Crippen molar-refractivity contribution in [2.45, 2.75) is 4.90 Å². The van der Waals surface area contributed by atoms with Crippen molar-refractivity contribution in [3.63, 3.8) is 0 Å². The van der Waals surface area contributed by atoms with Gasteiger partial charge in [-0.2, -0.15) is 4.31 Å². The quantitative estimate of drug-likeness (QED) is 0.381. The van der Waals surface area contributed by atoms with E-state index in [1.807, 2.05) is 18.2 Å². The molecule has 0 unspecified atom stereocenters. The van der Waals surface area contributed by atoms with Crippen LogP contribution in [0.3, 0.4) is 0 Å². The van der Waals surface area contributed by atoms with E-state index in [0.29, 0.717) is 36.8 Å². The third-order valence-electron chi connectivity index (χ3n) is 6.02. The maximum absolute atomic E-state index is 13.1. The van der Waals surface area contributed by atoms with Crippen LogP contribution in [0.15, 0.2) is 47.4 Å². The molecule has 0 spiro atoms. The Morgan fingerprint density at radius 1 is 1.03 bits per heavy atom. The van der Waals surface area contributed by atoms with Crippen LogP contribution in [0, 0.1) is 0 Å². The second kappa shape index (κ2) is 11.8. The first-order valence-corrected chi connectivity index (χ1v) is 14.2. The Kier molecular flexibility index (Phi) is 8.81. The number of carbonyl (C=O) groups is 1. The number of fused-ring (bicyclic) bond motifs is 1. The fourth-order valence-electron chi connectivity index (χ4n) is 3.98. The monoisotopic (exact) mass is 552 g/mol. The summed E-state index contributed by atoms with van der Waals surface area (Å²) in [4.78, 5) is 21.8. The summed E-state index contributed by atoms with van der Waals surface area (Å²) in [6.07, 6.45) is 0. The largest absolute Gasteiger partial charge is 0.383 e. The Hall–Kier alpha value is -2.28. The SMILES string of the molecule is COCCN(CCOC)S(=O)(=O)c1ccc(C(=O)N2CCN(c3nc4c(Cl)cccc4s3)CC2)cc1. The average molecular weight is 553 g/mol. The fourth-order valence-corrected chi connectivity index (χ4v) is 6.70. The van der Waals surface area contributed by atoms with Crippen LogP contribution >= 0.6 is 22.9 Å². The number of hydrogen-bond donors (Lipinski definition) is 0. The van der Waals surface area contributed by atoms with Crippen molar-refractivity contribution in [3.05, 3.63) is 53.1 Å². The second-order valence-corrected chi connectivity index (χ2v) is 11.6. The van der Waals surface area contributed by atoms with E-state index in [4.69, 9.17) is 21.1 Å². The van der Waals surface area contributed by atoms with E-state index in [2.05, 4.69) is 9.88 Å². The lowest BCUT2D eigenvalue weighted by Gasteiger charge is -2.34. The predicted molar refractivity (Wildman–Crippen MR) is 142 cm³/mol. The number of nitrogens with zero attached hydrogens (tertiary/aromatic N) is 4. The lowest BCUT2D eigenvalue weighted by atomic mass is 10.2. The zero-order valence-corrected chi connectivity index (χ0v) is 22.6. The molecule has 2 heterocycles. The number of anilines is 1. The summed E-state index contributed by atoms with van der Waals surface area (Å²) in [6, 6.07) is 11.9. The number of piperazine rings is 1. The third-order valence-corrected chi connectivity index (χ3v) is 9.32. The molecule has 36 heavy (non-hydrogen) atoms. The Labute approximate surface area is 220 Å². The van der Waals surface area contributed by atoms with E-state index in [1.165, 1.54) is 30.7 Å². The molecule has 1 aliphatic heterocycles. The molecule has 1 aliphatic rings. The number of hydrogen-bond acceptors (Lipinski definition) is 8. The molecule has 0 atom stereocenters. The number of sulfonamides is 1. The number of carbonyl (C=O) groups excluding carboxylic acids is 1. The van der Waals surface area contributed by atoms with Gasteiger partial charge in [0, 0.05) is 59.1 Å². The Morgan fingerprint density at radius 2 is 1.67 bits per heavy atom. The van der Waals surface area contributed by atoms with Crippen molar-refractivity contribution in [2.24, 2.45) is 0 Å². The van der Waals surface area contributed by atoms with Crippen molar-refractivity contribution in [1.82, 2.24) is 14.2 Å². The summed E-state index contributed by atoms with van der Waals surface area (Å²) >= 11 is 7.85. The summed E-state index contributed by atoms with van der Waals surface area (Å²) in [5, 5.41) is 1.53. The molecule has 0 aliphatic carbocycles. The zero-order valence-electron chi connectivity index (χ0n) is 20.2. The lowest BCUT2D eigenvalue weighted by molar-refractivity contribution is 0.0746. The highest BCUT2D eigenvalue weighted by Gasteiger charge is 2.27. The van der Waals surface area contributed by atoms with Gasteiger partial charge in [0.2, 0.25) is 10.0 Å². The van der Waals surface area contributed by atoms with Crippen LogP contribution in [-0.2, 0) is 19.5 Å². The van der Waals surface area contributed by atoms with Crippen LogP contribution < -0.4 is 4.90 Å². The van der Waals surface area contributed by atoms with Gasteiger partial charge < -0.3 is 19.3 Å². The van der Waals surface area contributed by atoms with Crippen molar-refractivity contribution in [3.8, 4) is 0 Å². The first-order valence-electron chi connectivity index (χ1n) is 11.5. The molecule has 1 fully saturated rings. The van der Waals surface area contributed by atoms with Crippen molar-refractivity contribution >= 4 is 54.2 Å². The van der Waals surface area contributed by atoms with Crippen LogP contribution in [0.2, 0.25) is 5.02 Å². The number of benzene rings is 2. The van der Waals surface area contributed by atoms with Crippen LogP contribution in [0.4, 0.5) is 5.13 Å². The maximum Gasteiger partial charge on any atom is 0.253 e. The molecule has 4 rings (SSSR count). The van der Waals surface area contributed by atoms with Crippen molar-refractivity contribution in [2.75, 3.05) is 71.6 Å². The van der Waals surface area contributed by atoms with Gasteiger partial charge in [-0.3, -0.25) is 4.79 Å². The summed E-state index contributed by atoms with van der Waals surface area (Å²) < 4.78 is 38.6. The topological polar surface area (TPSA) is 92.3 Å². The van der Waals surface area contributed by atoms with E-state index in [1.54, 1.807) is 28.4 Å². The molecule has 0 bridgehead atoms. The summed E-state index contributed by atoms with van der Waals surface area (Å²) in [6.45, 7) is 3.38. The smallest absolute Gasteiger partial charge is 0.253 e. The number of halogens is 1. The number of aromatic nitrogens is 1. The zero-order chi connectivity index (χ0) is 25.7. The lowest BCUT2D eigenvalue weighted by Crippen LogP contribution is -2.48. The summed E-state index contributed by atoms with van der Waals surface area (Å²) in [5.74, 6) is -0.124. The standard InChI is InChI=1S/C24H29ClN4O5S2/c1-33-16-14-29(15-17-34-2)36(31,32)19-8-6-18(7-9-19)23(30)27-10-12-28(13-11-27)24-26-22-20(25)4-3-5-21(22)35-24/h3-9H,10-17H2,1-2H3. The summed E-state index contributed by atoms with van der Waals surface area (Å²) in [5.41, 5.74) is 1.25. The summed E-state index contributed by atoms with van der Waals surface area (Å²) in [7, 11) is -0.691. The highest BCUT2D eigenvalue weighted by Crippen LogP contribution is 2.33. The molecule has 3 aromatic rings. The molecule has 0 radical (unpaired) electrons. The van der Waals surface area contributed by atoms with Gasteiger partial charge in [0.05, 0.1) is 27.8 Å². The number of rotatable bonds is 10. The van der Waals surface area contributed by atoms with Gasteiger partial charge in [-0.1, -0.05) is 29.0 Å². The molecule has 9 nitrogen and oxygen atoms in total. The molecule has 194 valence electrons. The van der Waals surface area contributed by atoms with Gasteiger partial charge in [-0.15, -0.1) is 0 Å². The van der Waals surface area contributed by atoms with Crippen LogP contribution in [0.5, 0.6) is 0 Å². The molecular weight excluding hydrogens is 524 g/mol. The van der Waals surface area contributed by atoms with Gasteiger partial charge >= 0.3 is 0 Å². The number of methoxy groups -OCH3 is 2. The van der Waals surface area contributed by atoms with E-state index in [9.17, 15) is 13.2 Å². The molecule has 2 aromatic carbocycles. The minimum absolute atomic E-state index is 0.124. The molecule has 1 saturated heterocycles. The van der Waals surface area contributed by atoms with E-state index >= 15 is 0 Å². The van der Waals surface area contributed by atoms with Gasteiger partial charge in [0.15, 0.2) is 5.13 Å². The second-order valence-electron chi connectivity index (χ2n) is 8.28. The van der Waals surface area contributed by atoms with Gasteiger partial charge in [-0.25, -0.2) is 13.4 Å². The van der Waals surface area contributed by atoms with Gasteiger partial charge in [-0.05, 0) is 36.4 Å². The molecule has 0 N–H and O–H groups in total. The number of thiazole rings is 1. The Balaban J connectivity index is 1.40.